The van der Waals surface area contributed by atoms with E-state index in [9.17, 15) is 9.90 Å². The fourth-order valence-corrected chi connectivity index (χ4v) is 0. The Balaban J connectivity index is -0.0000000606. The van der Waals surface area contributed by atoms with Gasteiger partial charge in [-0.25, -0.2) is 0 Å². The van der Waals surface area contributed by atoms with Crippen LogP contribution in [0.2, 0.25) is 0 Å². The molecule has 4 nitrogen and oxygen atoms in total. The van der Waals surface area contributed by atoms with Gasteiger partial charge < -0.3 is 32.1 Å². The van der Waals surface area contributed by atoms with E-state index in [2.05, 4.69) is 48.9 Å². The lowest BCUT2D eigenvalue weighted by atomic mass is 10.4. The van der Waals surface area contributed by atoms with Crippen LogP contribution in [0.15, 0.2) is 12.2 Å². The largest absolute Gasteiger partial charge is 1.00 e. The number of hydrogen-bond acceptors (Lipinski definition) is 2. The van der Waals surface area contributed by atoms with Crippen LogP contribution in [0.1, 0.15) is 6.92 Å². The molecule has 0 spiro atoms. The Labute approximate surface area is 100.0 Å². The van der Waals surface area contributed by atoms with Crippen molar-refractivity contribution in [2.24, 2.45) is 0 Å². The molecule has 0 heterocycles. The first-order chi connectivity index (χ1) is 6.11. The molecule has 15 heavy (non-hydrogen) atoms. The maximum atomic E-state index is 9.49. The number of nitrogens with one attached hydrogen (secondary N) is 2. The third-order valence-electron chi connectivity index (χ3n) is 0.348. The summed E-state index contributed by atoms with van der Waals surface area (Å²) in [5.74, 6) is -1.19. The molecule has 0 fully saturated rings. The first-order valence-corrected chi connectivity index (χ1v) is 4.51. The van der Waals surface area contributed by atoms with Crippen molar-refractivity contribution in [3.8, 4) is 0 Å². The molecule has 0 radical (unpaired) electrons. The molecule has 0 aliphatic carbocycles. The highest BCUT2D eigenvalue weighted by atomic mass is 35.5. The molecule has 5 heteroatoms. The second kappa shape index (κ2) is 15.9. The van der Waals surface area contributed by atoms with Crippen molar-refractivity contribution < 1.29 is 32.1 Å². The molecule has 0 amide bonds. The van der Waals surface area contributed by atoms with Gasteiger partial charge in [0.2, 0.25) is 0 Å². The molecular weight excluding hydrogens is 216 g/mol. The smallest absolute Gasteiger partial charge is 0.0666 e. The summed E-state index contributed by atoms with van der Waals surface area (Å²) in [6.07, 6.45) is 0. The van der Waals surface area contributed by atoms with Crippen LogP contribution in [0.5, 0.6) is 0 Å². The predicted molar refractivity (Wildman–Crippen MR) is 57.3 cm³/mol. The summed E-state index contributed by atoms with van der Waals surface area (Å²) in [6.45, 7) is 4.48. The van der Waals surface area contributed by atoms with Crippen molar-refractivity contribution in [3.63, 3.8) is 0 Å². The quantitative estimate of drug-likeness (QED) is 0.449. The van der Waals surface area contributed by atoms with Crippen LogP contribution < -0.4 is 27.3 Å². The molecule has 0 rings (SSSR count). The summed E-state index contributed by atoms with van der Waals surface area (Å²) in [7, 11) is 12.5. The normalized spacial score (nSPS) is 7.80. The minimum Gasteiger partial charge on any atom is -1.00 e. The summed E-state index contributed by atoms with van der Waals surface area (Å²) in [6, 6.07) is 0. The van der Waals surface area contributed by atoms with Crippen molar-refractivity contribution in [1.82, 2.24) is 0 Å². The van der Waals surface area contributed by atoms with Gasteiger partial charge >= 0.3 is 0 Å². The Bertz CT molecular complexity index is 136. The van der Waals surface area contributed by atoms with E-state index in [-0.39, 0.29) is 18.0 Å². The highest BCUT2D eigenvalue weighted by Gasteiger charge is 1.76. The third kappa shape index (κ3) is 150. The van der Waals surface area contributed by atoms with Gasteiger partial charge in [0.15, 0.2) is 0 Å². The highest BCUT2D eigenvalue weighted by molar-refractivity contribution is 5.82. The second-order valence-electron chi connectivity index (χ2n) is 4.07. The lowest BCUT2D eigenvalue weighted by Crippen LogP contribution is -3.02. The van der Waals surface area contributed by atoms with Gasteiger partial charge in [-0.05, 0) is 12.5 Å². The van der Waals surface area contributed by atoms with Crippen LogP contribution in [0.25, 0.3) is 0 Å². The minimum absolute atomic E-state index is 0. The van der Waals surface area contributed by atoms with Crippen molar-refractivity contribution in [2.75, 3.05) is 42.3 Å². The Morgan fingerprint density at radius 1 is 1.00 bits per heavy atom. The number of rotatable bonds is 1. The summed E-state index contributed by atoms with van der Waals surface area (Å²) in [4.78, 5) is 12.3. The molecule has 0 bridgehead atoms. The molecule has 94 valence electrons. The number of aliphatic carboxylic acids is 1. The molecule has 0 unspecified atom stereocenters. The molecule has 0 saturated carbocycles. The van der Waals surface area contributed by atoms with E-state index in [0.717, 1.165) is 0 Å². The Hall–Kier alpha value is -0.580. The predicted octanol–water partition coefficient (Wildman–Crippen LogP) is -6.16. The van der Waals surface area contributed by atoms with Crippen LogP contribution in [-0.2, 0) is 4.79 Å². The number of carboxylic acids is 1. The van der Waals surface area contributed by atoms with E-state index in [1.807, 2.05) is 0 Å². The maximum absolute atomic E-state index is 9.49. The molecule has 0 aliphatic rings. The first kappa shape index (κ1) is 23.9. The van der Waals surface area contributed by atoms with Gasteiger partial charge in [-0.15, -0.1) is 0 Å². The van der Waals surface area contributed by atoms with Crippen LogP contribution in [0, 0.1) is 0 Å². The first-order valence-electron chi connectivity index (χ1n) is 4.51. The summed E-state index contributed by atoms with van der Waals surface area (Å²) in [5, 5.41) is 9.49. The second-order valence-corrected chi connectivity index (χ2v) is 4.07. The van der Waals surface area contributed by atoms with Gasteiger partial charge in [-0.1, -0.05) is 6.58 Å². The lowest BCUT2D eigenvalue weighted by Gasteiger charge is -1.93. The van der Waals surface area contributed by atoms with E-state index < -0.39 is 5.97 Å². The average Bonchev–Trinajstić information content (AvgIpc) is 1.83. The highest BCUT2D eigenvalue weighted by Crippen LogP contribution is 1.77. The fraction of sp³-hybridized carbons (Fsp3) is 0.700. The van der Waals surface area contributed by atoms with E-state index in [1.165, 1.54) is 16.7 Å². The average molecular weight is 241 g/mol. The SMILES string of the molecule is C=C(C)C(=O)[O-].C[NH+](C)C.C[NH+](C)C.[Cl-]. The van der Waals surface area contributed by atoms with Crippen molar-refractivity contribution in [3.05, 3.63) is 12.2 Å². The van der Waals surface area contributed by atoms with E-state index in [1.54, 1.807) is 0 Å². The Kier molecular flexibility index (Phi) is 25.3. The number of carbonyl (C=O) groups excluding carboxylic acids is 1. The molecule has 0 saturated heterocycles. The minimum atomic E-state index is -1.19. The Morgan fingerprint density at radius 2 is 1.07 bits per heavy atom. The Morgan fingerprint density at radius 3 is 1.07 bits per heavy atom. The van der Waals surface area contributed by atoms with Crippen LogP contribution >= 0.6 is 0 Å². The van der Waals surface area contributed by atoms with Gasteiger partial charge in [0.05, 0.1) is 48.3 Å². The van der Waals surface area contributed by atoms with E-state index in [0.29, 0.717) is 0 Å². The zero-order valence-electron chi connectivity index (χ0n) is 10.9. The zero-order valence-corrected chi connectivity index (χ0v) is 11.7. The number of carboxylic acid groups (broad SMARTS) is 1. The summed E-state index contributed by atoms with van der Waals surface area (Å²) >= 11 is 0. The summed E-state index contributed by atoms with van der Waals surface area (Å²) < 4.78 is 0. The molecule has 0 aliphatic heterocycles. The number of halogens is 1. The van der Waals surface area contributed by atoms with E-state index in [4.69, 9.17) is 0 Å². The molecular formula is C10H25ClN2O2. The van der Waals surface area contributed by atoms with Gasteiger partial charge in [-0.3, -0.25) is 0 Å². The molecule has 0 aromatic rings. The van der Waals surface area contributed by atoms with Crippen LogP contribution in [0.3, 0.4) is 0 Å². The van der Waals surface area contributed by atoms with Crippen molar-refractivity contribution in [1.29, 1.82) is 0 Å². The lowest BCUT2D eigenvalue weighted by molar-refractivity contribution is -0.836. The van der Waals surface area contributed by atoms with Gasteiger partial charge in [-0.2, -0.15) is 0 Å². The molecule has 0 atom stereocenters. The van der Waals surface area contributed by atoms with Gasteiger partial charge in [0.25, 0.3) is 0 Å². The zero-order chi connectivity index (χ0) is 12.3. The van der Waals surface area contributed by atoms with Crippen LogP contribution in [-0.4, -0.2) is 48.3 Å². The molecule has 2 N–H and O–H groups in total. The van der Waals surface area contributed by atoms with Gasteiger partial charge in [0.1, 0.15) is 0 Å². The van der Waals surface area contributed by atoms with Gasteiger partial charge in [0, 0.05) is 0 Å². The van der Waals surface area contributed by atoms with Crippen molar-refractivity contribution in [2.45, 2.75) is 6.92 Å². The maximum Gasteiger partial charge on any atom is 0.0666 e. The van der Waals surface area contributed by atoms with Crippen LogP contribution in [0.4, 0.5) is 0 Å². The standard InChI is InChI=1S/C4H6O2.2C3H9N.ClH/c1-3(2)4(5)6;2*1-4(2)3;/h1H2,2H3,(H,5,6);2*1-3H3;1H. The number of hydrogen-bond donors (Lipinski definition) is 2. The summed E-state index contributed by atoms with van der Waals surface area (Å²) in [5.41, 5.74) is 0.0648. The topological polar surface area (TPSA) is 49.0 Å². The van der Waals surface area contributed by atoms with E-state index >= 15 is 0 Å². The fourth-order valence-electron chi connectivity index (χ4n) is 0. The monoisotopic (exact) mass is 240 g/mol. The third-order valence-corrected chi connectivity index (χ3v) is 0.348. The molecule has 0 aromatic heterocycles. The number of carbonyl (C=O) groups is 1. The number of quaternary nitrogens is 2. The molecule has 0 aromatic carbocycles. The van der Waals surface area contributed by atoms with Crippen molar-refractivity contribution >= 4 is 5.97 Å².